The van der Waals surface area contributed by atoms with E-state index in [1.54, 1.807) is 0 Å². The molecule has 24 heavy (non-hydrogen) atoms. The molecular weight excluding hydrogens is 342 g/mol. The fourth-order valence-electron chi connectivity index (χ4n) is 3.30. The lowest BCUT2D eigenvalue weighted by molar-refractivity contribution is 0.0790. The lowest BCUT2D eigenvalue weighted by Gasteiger charge is -2.16. The van der Waals surface area contributed by atoms with E-state index in [9.17, 15) is 4.79 Å². The van der Waals surface area contributed by atoms with E-state index in [1.807, 2.05) is 30.0 Å². The molecule has 1 aromatic heterocycles. The number of likely N-dealkylation sites (tertiary alicyclic amines) is 1. The van der Waals surface area contributed by atoms with Gasteiger partial charge in [-0.05, 0) is 31.4 Å². The summed E-state index contributed by atoms with van der Waals surface area (Å²) in [6, 6.07) is 10.4. The molecule has 1 aromatic carbocycles. The zero-order chi connectivity index (χ0) is 16.4. The molecule has 0 aliphatic carbocycles. The summed E-state index contributed by atoms with van der Waals surface area (Å²) in [4.78, 5) is 20.1. The first-order valence-electron chi connectivity index (χ1n) is 8.14. The van der Waals surface area contributed by atoms with E-state index in [1.165, 1.54) is 16.9 Å². The highest BCUT2D eigenvalue weighted by atomic mass is 35.5. The van der Waals surface area contributed by atoms with E-state index in [2.05, 4.69) is 24.0 Å². The Morgan fingerprint density at radius 3 is 2.62 bits per heavy atom. The molecule has 3 rings (SSSR count). The second-order valence-electron chi connectivity index (χ2n) is 6.10. The fraction of sp³-hybridized carbons (Fsp3) is 0.444. The van der Waals surface area contributed by atoms with Gasteiger partial charge in [-0.2, -0.15) is 0 Å². The molecule has 0 spiro atoms. The Labute approximate surface area is 153 Å². The number of amides is 1. The number of carbonyl (C=O) groups excluding carboxylic acids is 1. The summed E-state index contributed by atoms with van der Waals surface area (Å²) in [6.45, 7) is 6.06. The molecule has 130 valence electrons. The van der Waals surface area contributed by atoms with Gasteiger partial charge in [0, 0.05) is 19.0 Å². The predicted molar refractivity (Wildman–Crippen MR) is 101 cm³/mol. The minimum atomic E-state index is 0. The number of benzene rings is 1. The molecule has 0 radical (unpaired) electrons. The van der Waals surface area contributed by atoms with E-state index < -0.39 is 0 Å². The Hall–Kier alpha value is -1.43. The van der Waals surface area contributed by atoms with Gasteiger partial charge in [0.2, 0.25) is 0 Å². The summed E-state index contributed by atoms with van der Waals surface area (Å²) in [7, 11) is 0. The Kier molecular flexibility index (Phi) is 6.38. The standard InChI is InChI=1S/C18H23N3OS.ClH/c1-3-16-20-12(2)17(23-16)18(22)21-10-14(9-19)15(11-21)13-7-5-4-6-8-13;/h4-8,14-15H,3,9-11,19H2,1-2H3;1H/t14-,15+;/m1./s1. The topological polar surface area (TPSA) is 59.2 Å². The third-order valence-corrected chi connectivity index (χ3v) is 5.89. The first-order chi connectivity index (χ1) is 11.1. The van der Waals surface area contributed by atoms with Crippen LogP contribution in [-0.4, -0.2) is 35.4 Å². The van der Waals surface area contributed by atoms with Crippen molar-refractivity contribution in [2.75, 3.05) is 19.6 Å². The highest BCUT2D eigenvalue weighted by Gasteiger charge is 2.36. The molecule has 2 N–H and O–H groups in total. The highest BCUT2D eigenvalue weighted by molar-refractivity contribution is 7.13. The molecule has 1 aliphatic heterocycles. The number of hydrogen-bond donors (Lipinski definition) is 1. The highest BCUT2D eigenvalue weighted by Crippen LogP contribution is 2.33. The summed E-state index contributed by atoms with van der Waals surface area (Å²) in [5.74, 6) is 0.751. The first kappa shape index (κ1) is 18.9. The Morgan fingerprint density at radius 1 is 1.33 bits per heavy atom. The monoisotopic (exact) mass is 365 g/mol. The van der Waals surface area contributed by atoms with Crippen molar-refractivity contribution in [3.05, 3.63) is 51.5 Å². The van der Waals surface area contributed by atoms with Crippen LogP contribution in [0.25, 0.3) is 0 Å². The second kappa shape index (κ2) is 8.10. The van der Waals surface area contributed by atoms with Crippen LogP contribution in [0.2, 0.25) is 0 Å². The quantitative estimate of drug-likeness (QED) is 0.904. The van der Waals surface area contributed by atoms with E-state index in [4.69, 9.17) is 5.73 Å². The molecule has 1 saturated heterocycles. The van der Waals surface area contributed by atoms with Gasteiger partial charge in [0.1, 0.15) is 4.88 Å². The average molecular weight is 366 g/mol. The van der Waals surface area contributed by atoms with Crippen LogP contribution in [0.15, 0.2) is 30.3 Å². The van der Waals surface area contributed by atoms with Crippen molar-refractivity contribution in [1.82, 2.24) is 9.88 Å². The zero-order valence-electron chi connectivity index (χ0n) is 14.1. The largest absolute Gasteiger partial charge is 0.337 e. The molecule has 0 unspecified atom stereocenters. The first-order valence-corrected chi connectivity index (χ1v) is 8.96. The Bertz CT molecular complexity index is 689. The van der Waals surface area contributed by atoms with Crippen LogP contribution in [0.4, 0.5) is 0 Å². The number of nitrogens with two attached hydrogens (primary N) is 1. The van der Waals surface area contributed by atoms with Gasteiger partial charge in [0.15, 0.2) is 0 Å². The summed E-state index contributed by atoms with van der Waals surface area (Å²) in [5, 5.41) is 1.03. The summed E-state index contributed by atoms with van der Waals surface area (Å²) in [5.41, 5.74) is 8.09. The van der Waals surface area contributed by atoms with Gasteiger partial charge in [-0.15, -0.1) is 23.7 Å². The van der Waals surface area contributed by atoms with Gasteiger partial charge >= 0.3 is 0 Å². The van der Waals surface area contributed by atoms with Crippen molar-refractivity contribution < 1.29 is 4.79 Å². The van der Waals surface area contributed by atoms with E-state index in [0.717, 1.165) is 35.1 Å². The maximum atomic E-state index is 12.9. The molecule has 4 nitrogen and oxygen atoms in total. The van der Waals surface area contributed by atoms with Crippen molar-refractivity contribution in [3.8, 4) is 0 Å². The number of thiazole rings is 1. The molecule has 2 aromatic rings. The fourth-order valence-corrected chi connectivity index (χ4v) is 4.27. The van der Waals surface area contributed by atoms with Crippen molar-refractivity contribution in [2.24, 2.45) is 11.7 Å². The van der Waals surface area contributed by atoms with Gasteiger partial charge in [-0.1, -0.05) is 37.3 Å². The van der Waals surface area contributed by atoms with Crippen molar-refractivity contribution in [3.63, 3.8) is 0 Å². The van der Waals surface area contributed by atoms with Crippen LogP contribution in [-0.2, 0) is 6.42 Å². The molecule has 1 amide bonds. The summed E-state index contributed by atoms with van der Waals surface area (Å²) < 4.78 is 0. The smallest absolute Gasteiger partial charge is 0.265 e. The Balaban J connectivity index is 0.00000208. The number of halogens is 1. The van der Waals surface area contributed by atoms with Crippen LogP contribution in [0, 0.1) is 12.8 Å². The molecule has 1 aliphatic rings. The lowest BCUT2D eigenvalue weighted by atomic mass is 9.89. The second-order valence-corrected chi connectivity index (χ2v) is 7.18. The van der Waals surface area contributed by atoms with Crippen molar-refractivity contribution >= 4 is 29.7 Å². The van der Waals surface area contributed by atoms with E-state index >= 15 is 0 Å². The number of hydrogen-bond acceptors (Lipinski definition) is 4. The predicted octanol–water partition coefficient (Wildman–Crippen LogP) is 3.25. The van der Waals surface area contributed by atoms with Gasteiger partial charge in [-0.25, -0.2) is 4.98 Å². The molecule has 0 saturated carbocycles. The number of nitrogens with zero attached hydrogens (tertiary/aromatic N) is 2. The maximum Gasteiger partial charge on any atom is 0.265 e. The van der Waals surface area contributed by atoms with Crippen molar-refractivity contribution in [2.45, 2.75) is 26.2 Å². The van der Waals surface area contributed by atoms with Crippen LogP contribution in [0.5, 0.6) is 0 Å². The van der Waals surface area contributed by atoms with Crippen LogP contribution in [0.3, 0.4) is 0 Å². The van der Waals surface area contributed by atoms with E-state index in [0.29, 0.717) is 18.4 Å². The summed E-state index contributed by atoms with van der Waals surface area (Å²) in [6.07, 6.45) is 0.872. The minimum Gasteiger partial charge on any atom is -0.337 e. The molecule has 1 fully saturated rings. The number of aryl methyl sites for hydroxylation is 2. The molecule has 0 bridgehead atoms. The number of carbonyl (C=O) groups is 1. The SMILES string of the molecule is CCc1nc(C)c(C(=O)N2C[C@@H](CN)[C@H](c3ccccc3)C2)s1.Cl. The molecular formula is C18H24ClN3OS. The summed E-state index contributed by atoms with van der Waals surface area (Å²) >= 11 is 1.53. The lowest BCUT2D eigenvalue weighted by Crippen LogP contribution is -2.29. The van der Waals surface area contributed by atoms with Gasteiger partial charge < -0.3 is 10.6 Å². The minimum absolute atomic E-state index is 0. The molecule has 2 heterocycles. The normalized spacial score (nSPS) is 20.0. The van der Waals surface area contributed by atoms with Gasteiger partial charge in [-0.3, -0.25) is 4.79 Å². The molecule has 2 atom stereocenters. The Morgan fingerprint density at radius 2 is 2.04 bits per heavy atom. The number of rotatable bonds is 4. The molecule has 6 heteroatoms. The van der Waals surface area contributed by atoms with Gasteiger partial charge in [0.05, 0.1) is 10.7 Å². The average Bonchev–Trinajstić information content (AvgIpc) is 3.18. The van der Waals surface area contributed by atoms with Crippen LogP contribution >= 0.6 is 23.7 Å². The van der Waals surface area contributed by atoms with Crippen molar-refractivity contribution in [1.29, 1.82) is 0 Å². The zero-order valence-corrected chi connectivity index (χ0v) is 15.7. The third-order valence-electron chi connectivity index (χ3n) is 4.60. The van der Waals surface area contributed by atoms with Crippen LogP contribution in [0.1, 0.15) is 38.8 Å². The maximum absolute atomic E-state index is 12.9. The van der Waals surface area contributed by atoms with Gasteiger partial charge in [0.25, 0.3) is 5.91 Å². The third kappa shape index (κ3) is 3.63. The number of aromatic nitrogens is 1. The van der Waals surface area contributed by atoms with Crippen LogP contribution < -0.4 is 5.73 Å². The van der Waals surface area contributed by atoms with E-state index in [-0.39, 0.29) is 18.3 Å².